The number of carboxylic acids is 1. The average Bonchev–Trinajstić information content (AvgIpc) is 2.90. The molecule has 0 aliphatic carbocycles. The molecule has 31 heavy (non-hydrogen) atoms. The van der Waals surface area contributed by atoms with Crippen LogP contribution in [0.2, 0.25) is 18.1 Å². The molecule has 2 heterocycles. The smallest absolute Gasteiger partial charge is 0.353 e. The van der Waals surface area contributed by atoms with E-state index >= 15 is 0 Å². The Morgan fingerprint density at radius 3 is 2.23 bits per heavy atom. The normalized spacial score (nSPS) is 25.3. The van der Waals surface area contributed by atoms with Crippen molar-refractivity contribution in [2.24, 2.45) is 11.8 Å². The topological polar surface area (TPSA) is 101 Å². The summed E-state index contributed by atoms with van der Waals surface area (Å²) in [7, 11) is -6.24. The van der Waals surface area contributed by atoms with Crippen molar-refractivity contribution in [3.63, 3.8) is 0 Å². The minimum Gasteiger partial charge on any atom is -0.477 e. The molecule has 2 aliphatic heterocycles. The number of sulfone groups is 1. The number of carbonyl (C=O) groups is 2. The summed E-state index contributed by atoms with van der Waals surface area (Å²) in [5.41, 5.74) is -0.429. The van der Waals surface area contributed by atoms with Crippen LogP contribution >= 0.6 is 0 Å². The third kappa shape index (κ3) is 3.66. The van der Waals surface area contributed by atoms with E-state index in [1.54, 1.807) is 25.1 Å². The zero-order valence-electron chi connectivity index (χ0n) is 19.0. The molecule has 2 aliphatic rings. The Kier molecular flexibility index (Phi) is 5.78. The summed E-state index contributed by atoms with van der Waals surface area (Å²) >= 11 is 0. The van der Waals surface area contributed by atoms with Gasteiger partial charge in [0, 0.05) is 5.92 Å². The predicted octanol–water partition coefficient (Wildman–Crippen LogP) is 3.64. The fraction of sp³-hybridized carbons (Fsp3) is 0.545. The first-order chi connectivity index (χ1) is 14.1. The summed E-state index contributed by atoms with van der Waals surface area (Å²) in [5.74, 6) is -3.03. The van der Waals surface area contributed by atoms with Crippen molar-refractivity contribution in [2.45, 2.75) is 69.8 Å². The van der Waals surface area contributed by atoms with Gasteiger partial charge in [-0.05, 0) is 37.2 Å². The van der Waals surface area contributed by atoms with E-state index in [9.17, 15) is 23.1 Å². The zero-order valence-corrected chi connectivity index (χ0v) is 20.9. The van der Waals surface area contributed by atoms with Crippen LogP contribution in [0.3, 0.4) is 0 Å². The highest BCUT2D eigenvalue weighted by atomic mass is 32.2. The summed E-state index contributed by atoms with van der Waals surface area (Å²) in [6.45, 7) is 14.0. The zero-order chi connectivity index (χ0) is 23.5. The summed E-state index contributed by atoms with van der Waals surface area (Å²) < 4.78 is 33.1. The number of hydrogen-bond acceptors (Lipinski definition) is 5. The van der Waals surface area contributed by atoms with E-state index in [-0.39, 0.29) is 14.8 Å². The Balaban J connectivity index is 1.99. The Bertz CT molecular complexity index is 1040. The van der Waals surface area contributed by atoms with Crippen LogP contribution in [-0.2, 0) is 23.9 Å². The van der Waals surface area contributed by atoms with Crippen LogP contribution in [0.4, 0.5) is 0 Å². The van der Waals surface area contributed by atoms with Crippen molar-refractivity contribution in [3.8, 4) is 0 Å². The van der Waals surface area contributed by atoms with Gasteiger partial charge in [-0.2, -0.15) is 0 Å². The molecule has 1 aromatic carbocycles. The van der Waals surface area contributed by atoms with Crippen molar-refractivity contribution in [1.82, 2.24) is 4.90 Å². The maximum atomic E-state index is 13.3. The van der Waals surface area contributed by atoms with E-state index in [0.717, 1.165) is 4.90 Å². The summed E-state index contributed by atoms with van der Waals surface area (Å²) in [6, 6.07) is 7.19. The van der Waals surface area contributed by atoms with Crippen LogP contribution in [0, 0.1) is 11.8 Å². The molecule has 9 heteroatoms. The molecule has 7 nitrogen and oxygen atoms in total. The summed E-state index contributed by atoms with van der Waals surface area (Å²) in [6.07, 6.45) is -0.439. The number of fused-ring (bicyclic) bond motifs is 1. The van der Waals surface area contributed by atoms with Crippen molar-refractivity contribution in [3.05, 3.63) is 40.9 Å². The summed E-state index contributed by atoms with van der Waals surface area (Å²) in [5, 5.41) is 9.77. The SMILES string of the molecule is C[C@@H](O[Si](C)(C)C(C)(C)C)[C@H]1C(=O)N2C(C(=O)O)=C(S(=O)(=O)c3ccccc3)[C@H](C)[C@H]12. The van der Waals surface area contributed by atoms with Gasteiger partial charge in [0.15, 0.2) is 8.32 Å². The monoisotopic (exact) mass is 465 g/mol. The standard InChI is InChI=1S/C22H31NO6SSi/c1-13-17-16(14(2)29-31(6,7)22(3,4)5)20(24)23(17)18(21(25)26)19(13)30(27,28)15-11-9-8-10-12-15/h8-14,16-17H,1-7H3,(H,25,26)/t13-,14-,16-,17-/m1/s1. The third-order valence-corrected chi connectivity index (χ3v) is 13.5. The van der Waals surface area contributed by atoms with E-state index in [4.69, 9.17) is 4.43 Å². The quantitative estimate of drug-likeness (QED) is 0.508. The van der Waals surface area contributed by atoms with Crippen molar-refractivity contribution in [2.75, 3.05) is 0 Å². The van der Waals surface area contributed by atoms with Gasteiger partial charge in [0.2, 0.25) is 15.7 Å². The van der Waals surface area contributed by atoms with Crippen LogP contribution in [-0.4, -0.2) is 50.8 Å². The molecule has 1 saturated heterocycles. The first kappa shape index (κ1) is 23.7. The molecule has 0 saturated carbocycles. The minimum absolute atomic E-state index is 0.0210. The molecule has 0 aromatic heterocycles. The molecule has 0 bridgehead atoms. The number of carboxylic acid groups (broad SMARTS) is 1. The maximum Gasteiger partial charge on any atom is 0.353 e. The molecule has 3 rings (SSSR count). The van der Waals surface area contributed by atoms with Crippen LogP contribution in [0.1, 0.15) is 34.6 Å². The van der Waals surface area contributed by atoms with E-state index in [1.165, 1.54) is 12.1 Å². The second-order valence-electron chi connectivity index (χ2n) is 9.93. The van der Waals surface area contributed by atoms with Crippen LogP contribution in [0.25, 0.3) is 0 Å². The Hall–Kier alpha value is -1.97. The van der Waals surface area contributed by atoms with Crippen LogP contribution in [0.5, 0.6) is 0 Å². The molecule has 170 valence electrons. The Morgan fingerprint density at radius 2 is 1.74 bits per heavy atom. The van der Waals surface area contributed by atoms with Gasteiger partial charge in [-0.25, -0.2) is 13.2 Å². The van der Waals surface area contributed by atoms with E-state index in [2.05, 4.69) is 33.9 Å². The highest BCUT2D eigenvalue weighted by Gasteiger charge is 2.63. The highest BCUT2D eigenvalue weighted by Crippen LogP contribution is 2.51. The number of aliphatic carboxylic acids is 1. The first-order valence-corrected chi connectivity index (χ1v) is 14.8. The van der Waals surface area contributed by atoms with Crippen LogP contribution < -0.4 is 0 Å². The molecule has 4 atom stereocenters. The number of β-lactam (4-membered cyclic amide) rings is 1. The lowest BCUT2D eigenvalue weighted by Gasteiger charge is -2.50. The van der Waals surface area contributed by atoms with E-state index in [0.29, 0.717) is 0 Å². The van der Waals surface area contributed by atoms with Gasteiger partial charge in [0.25, 0.3) is 0 Å². The second kappa shape index (κ2) is 7.56. The largest absolute Gasteiger partial charge is 0.477 e. The maximum absolute atomic E-state index is 13.3. The third-order valence-electron chi connectivity index (χ3n) is 6.93. The highest BCUT2D eigenvalue weighted by molar-refractivity contribution is 7.95. The molecule has 0 unspecified atom stereocenters. The molecule has 1 amide bonds. The van der Waals surface area contributed by atoms with Gasteiger partial charge < -0.3 is 14.4 Å². The molecular weight excluding hydrogens is 434 g/mol. The molecule has 0 spiro atoms. The molecule has 1 fully saturated rings. The molecule has 0 radical (unpaired) electrons. The lowest BCUT2D eigenvalue weighted by Crippen LogP contribution is -2.65. The number of amides is 1. The van der Waals surface area contributed by atoms with Gasteiger partial charge >= 0.3 is 5.97 Å². The van der Waals surface area contributed by atoms with Crippen molar-refractivity contribution < 1.29 is 27.5 Å². The lowest BCUT2D eigenvalue weighted by atomic mass is 9.79. The van der Waals surface area contributed by atoms with E-state index in [1.807, 2.05) is 6.92 Å². The number of rotatable bonds is 6. The predicted molar refractivity (Wildman–Crippen MR) is 119 cm³/mol. The van der Waals surface area contributed by atoms with E-state index < -0.39 is 59.7 Å². The number of hydrogen-bond donors (Lipinski definition) is 1. The summed E-state index contributed by atoms with van der Waals surface area (Å²) in [4.78, 5) is 26.1. The van der Waals surface area contributed by atoms with Gasteiger partial charge in [-0.3, -0.25) is 4.79 Å². The Labute approximate surface area is 185 Å². The van der Waals surface area contributed by atoms with Gasteiger partial charge in [-0.1, -0.05) is 45.9 Å². The number of nitrogens with zero attached hydrogens (tertiary/aromatic N) is 1. The van der Waals surface area contributed by atoms with Crippen molar-refractivity contribution >= 4 is 30.0 Å². The second-order valence-corrected chi connectivity index (χ2v) is 16.6. The van der Waals surface area contributed by atoms with Gasteiger partial charge in [0.1, 0.15) is 5.70 Å². The first-order valence-electron chi connectivity index (χ1n) is 10.4. The van der Waals surface area contributed by atoms with Gasteiger partial charge in [-0.15, -0.1) is 0 Å². The minimum atomic E-state index is -4.07. The average molecular weight is 466 g/mol. The van der Waals surface area contributed by atoms with Gasteiger partial charge in [0.05, 0.1) is 27.9 Å². The fourth-order valence-electron chi connectivity index (χ4n) is 4.32. The lowest BCUT2D eigenvalue weighted by molar-refractivity contribution is -0.162. The number of carbonyl (C=O) groups excluding carboxylic acids is 1. The fourth-order valence-corrected chi connectivity index (χ4v) is 7.58. The molecule has 1 aromatic rings. The van der Waals surface area contributed by atoms with Crippen molar-refractivity contribution in [1.29, 1.82) is 0 Å². The molecule has 1 N–H and O–H groups in total. The molecular formula is C22H31NO6SSi. The number of benzene rings is 1. The van der Waals surface area contributed by atoms with Crippen LogP contribution in [0.15, 0.2) is 45.8 Å². The Morgan fingerprint density at radius 1 is 1.19 bits per heavy atom.